The van der Waals surface area contributed by atoms with Crippen LogP contribution in [0.3, 0.4) is 0 Å². The quantitative estimate of drug-likeness (QED) is 0.536. The van der Waals surface area contributed by atoms with Crippen molar-refractivity contribution >= 4 is 11.5 Å². The summed E-state index contributed by atoms with van der Waals surface area (Å²) in [5, 5.41) is 0. The number of carbonyl (C=O) groups excluding carboxylic acids is 1. The monoisotopic (exact) mass is 330 g/mol. The van der Waals surface area contributed by atoms with Crippen LogP contribution in [-0.2, 0) is 9.53 Å². The maximum Gasteiger partial charge on any atom is 0.331 e. The van der Waals surface area contributed by atoms with Crippen molar-refractivity contribution < 1.29 is 14.3 Å². The summed E-state index contributed by atoms with van der Waals surface area (Å²) in [5.74, 6) is 1.05. The van der Waals surface area contributed by atoms with Gasteiger partial charge in [0, 0.05) is 6.08 Å². The Hall–Kier alpha value is -1.77. The number of benzene rings is 1. The Balaban J connectivity index is 2.24. The lowest BCUT2D eigenvalue weighted by Crippen LogP contribution is -2.22. The minimum Gasteiger partial charge on any atom is -0.488 e. The van der Waals surface area contributed by atoms with Gasteiger partial charge in [0.2, 0.25) is 0 Å². The van der Waals surface area contributed by atoms with E-state index in [4.69, 9.17) is 9.47 Å². The van der Waals surface area contributed by atoms with Gasteiger partial charge in [-0.15, -0.1) is 0 Å². The van der Waals surface area contributed by atoms with Gasteiger partial charge in [0.25, 0.3) is 0 Å². The second-order valence-corrected chi connectivity index (χ2v) is 7.43. The smallest absolute Gasteiger partial charge is 0.331 e. The van der Waals surface area contributed by atoms with Crippen molar-refractivity contribution in [1.29, 1.82) is 0 Å². The summed E-state index contributed by atoms with van der Waals surface area (Å²) >= 11 is 0. The largest absolute Gasteiger partial charge is 0.488 e. The number of ether oxygens (including phenoxy) is 2. The molecule has 1 aliphatic rings. The molecule has 1 aromatic rings. The van der Waals surface area contributed by atoms with Gasteiger partial charge in [-0.2, -0.15) is 0 Å². The van der Waals surface area contributed by atoms with Crippen LogP contribution in [0, 0.1) is 5.92 Å². The molecule has 132 valence electrons. The third-order valence-electron chi connectivity index (χ3n) is 4.22. The van der Waals surface area contributed by atoms with Crippen LogP contribution in [-0.4, -0.2) is 18.2 Å². The number of esters is 1. The lowest BCUT2D eigenvalue weighted by Gasteiger charge is -2.25. The molecule has 0 heterocycles. The number of carbonyl (C=O) groups is 1. The van der Waals surface area contributed by atoms with Gasteiger partial charge in [0.1, 0.15) is 11.4 Å². The van der Waals surface area contributed by atoms with Crippen LogP contribution in [0.5, 0.6) is 5.75 Å². The molecule has 0 saturated heterocycles. The Morgan fingerprint density at radius 3 is 2.29 bits per heavy atom. The molecule has 3 heteroatoms. The Morgan fingerprint density at radius 1 is 1.12 bits per heavy atom. The zero-order valence-corrected chi connectivity index (χ0v) is 15.4. The molecule has 1 saturated carbocycles. The summed E-state index contributed by atoms with van der Waals surface area (Å²) in [6, 6.07) is 8.09. The van der Waals surface area contributed by atoms with E-state index in [1.54, 1.807) is 6.08 Å². The lowest BCUT2D eigenvalue weighted by molar-refractivity contribution is -0.137. The fourth-order valence-electron chi connectivity index (χ4n) is 3.23. The Bertz CT molecular complexity index is 558. The summed E-state index contributed by atoms with van der Waals surface area (Å²) in [5.41, 5.74) is 1.99. The molecule has 1 aromatic carbocycles. The molecule has 1 fully saturated rings. The van der Waals surface area contributed by atoms with E-state index in [0.29, 0.717) is 12.5 Å². The van der Waals surface area contributed by atoms with Crippen LogP contribution in [0.15, 0.2) is 30.3 Å². The van der Waals surface area contributed by atoms with Crippen molar-refractivity contribution in [3.05, 3.63) is 35.9 Å². The average Bonchev–Trinajstić information content (AvgIpc) is 2.53. The predicted octanol–water partition coefficient (Wildman–Crippen LogP) is 5.39. The van der Waals surface area contributed by atoms with Gasteiger partial charge in [-0.05, 0) is 69.7 Å². The highest BCUT2D eigenvalue weighted by Crippen LogP contribution is 2.36. The highest BCUT2D eigenvalue weighted by atomic mass is 16.5. The van der Waals surface area contributed by atoms with Gasteiger partial charge < -0.3 is 9.47 Å². The van der Waals surface area contributed by atoms with Crippen LogP contribution in [0.4, 0.5) is 0 Å². The van der Waals surface area contributed by atoms with Crippen LogP contribution >= 0.6 is 0 Å². The van der Waals surface area contributed by atoms with Gasteiger partial charge in [-0.25, -0.2) is 4.79 Å². The third-order valence-corrected chi connectivity index (χ3v) is 4.22. The summed E-state index contributed by atoms with van der Waals surface area (Å²) in [4.78, 5) is 12.0. The summed E-state index contributed by atoms with van der Waals surface area (Å²) in [6.07, 6.45) is 7.74. The summed E-state index contributed by atoms with van der Waals surface area (Å²) < 4.78 is 11.0. The maximum atomic E-state index is 12.0. The molecule has 0 radical (unpaired) electrons. The van der Waals surface area contributed by atoms with E-state index >= 15 is 0 Å². The van der Waals surface area contributed by atoms with Gasteiger partial charge in [-0.1, -0.05) is 31.4 Å². The number of rotatable bonds is 5. The zero-order valence-electron chi connectivity index (χ0n) is 15.4. The topological polar surface area (TPSA) is 35.5 Å². The normalized spacial score (nSPS) is 16.8. The van der Waals surface area contributed by atoms with E-state index in [1.807, 2.05) is 39.8 Å². The third kappa shape index (κ3) is 5.70. The maximum absolute atomic E-state index is 12.0. The molecule has 0 unspecified atom stereocenters. The fourth-order valence-corrected chi connectivity index (χ4v) is 3.23. The second-order valence-electron chi connectivity index (χ2n) is 7.43. The van der Waals surface area contributed by atoms with Crippen molar-refractivity contribution in [3.8, 4) is 5.75 Å². The van der Waals surface area contributed by atoms with Gasteiger partial charge in [0.15, 0.2) is 0 Å². The van der Waals surface area contributed by atoms with E-state index in [-0.39, 0.29) is 11.6 Å². The number of hydrogen-bond acceptors (Lipinski definition) is 3. The van der Waals surface area contributed by atoms with E-state index in [9.17, 15) is 4.79 Å². The van der Waals surface area contributed by atoms with Gasteiger partial charge in [-0.3, -0.25) is 0 Å². The highest BCUT2D eigenvalue weighted by molar-refractivity contribution is 5.92. The summed E-state index contributed by atoms with van der Waals surface area (Å²) in [7, 11) is 0. The standard InChI is InChI=1S/C21H30O3/c1-5-23-20(22)15-19(16-9-7-6-8-10-16)17-11-13-18(14-12-17)24-21(2,3)4/h11-16H,5-10H2,1-4H3. The van der Waals surface area contributed by atoms with Gasteiger partial charge in [0.05, 0.1) is 6.61 Å². The molecular weight excluding hydrogens is 300 g/mol. The SMILES string of the molecule is CCOC(=O)C=C(c1ccc(OC(C)(C)C)cc1)C1CCCCC1. The molecule has 0 atom stereocenters. The first-order chi connectivity index (χ1) is 11.4. The average molecular weight is 330 g/mol. The first-order valence-corrected chi connectivity index (χ1v) is 9.07. The molecule has 1 aliphatic carbocycles. The van der Waals surface area contributed by atoms with E-state index in [2.05, 4.69) is 12.1 Å². The molecule has 2 rings (SSSR count). The van der Waals surface area contributed by atoms with Gasteiger partial charge >= 0.3 is 5.97 Å². The predicted molar refractivity (Wildman–Crippen MR) is 98.0 cm³/mol. The van der Waals surface area contributed by atoms with Crippen molar-refractivity contribution in [2.45, 2.75) is 65.4 Å². The molecule has 3 nitrogen and oxygen atoms in total. The molecular formula is C21H30O3. The van der Waals surface area contributed by atoms with Crippen molar-refractivity contribution in [2.75, 3.05) is 6.61 Å². The Morgan fingerprint density at radius 2 is 1.75 bits per heavy atom. The number of allylic oxidation sites excluding steroid dienone is 1. The lowest BCUT2D eigenvalue weighted by atomic mass is 9.81. The first-order valence-electron chi connectivity index (χ1n) is 9.07. The zero-order chi connectivity index (χ0) is 17.6. The minimum atomic E-state index is -0.243. The second kappa shape index (κ2) is 8.36. The van der Waals surface area contributed by atoms with E-state index < -0.39 is 0 Å². The fraction of sp³-hybridized carbons (Fsp3) is 0.571. The van der Waals surface area contributed by atoms with Crippen molar-refractivity contribution in [1.82, 2.24) is 0 Å². The molecule has 0 bridgehead atoms. The van der Waals surface area contributed by atoms with Crippen LogP contribution < -0.4 is 4.74 Å². The number of hydrogen-bond donors (Lipinski definition) is 0. The molecule has 0 amide bonds. The Kier molecular flexibility index (Phi) is 6.47. The van der Waals surface area contributed by atoms with E-state index in [0.717, 1.165) is 29.7 Å². The molecule has 0 spiro atoms. The highest BCUT2D eigenvalue weighted by Gasteiger charge is 2.21. The molecule has 0 N–H and O–H groups in total. The Labute approximate surface area is 146 Å². The van der Waals surface area contributed by atoms with Crippen molar-refractivity contribution in [3.63, 3.8) is 0 Å². The van der Waals surface area contributed by atoms with Crippen LogP contribution in [0.25, 0.3) is 5.57 Å². The summed E-state index contributed by atoms with van der Waals surface area (Å²) in [6.45, 7) is 8.36. The van der Waals surface area contributed by atoms with Crippen LogP contribution in [0.2, 0.25) is 0 Å². The first kappa shape index (κ1) is 18.6. The molecule has 0 aromatic heterocycles. The van der Waals surface area contributed by atoms with Crippen molar-refractivity contribution in [2.24, 2.45) is 5.92 Å². The van der Waals surface area contributed by atoms with E-state index in [1.165, 1.54) is 19.3 Å². The molecule has 24 heavy (non-hydrogen) atoms. The van der Waals surface area contributed by atoms with Crippen LogP contribution in [0.1, 0.15) is 65.4 Å². The minimum absolute atomic E-state index is 0.214. The molecule has 0 aliphatic heterocycles.